The van der Waals surface area contributed by atoms with Crippen LogP contribution >= 0.6 is 0 Å². The fourth-order valence-electron chi connectivity index (χ4n) is 2.85. The molecule has 0 spiro atoms. The van der Waals surface area contributed by atoms with E-state index >= 15 is 0 Å². The van der Waals surface area contributed by atoms with E-state index in [1.165, 1.54) is 21.5 Å². The first kappa shape index (κ1) is 12.8. The van der Waals surface area contributed by atoms with Gasteiger partial charge in [-0.1, -0.05) is 42.5 Å². The molecule has 0 saturated carbocycles. The van der Waals surface area contributed by atoms with E-state index in [9.17, 15) is 0 Å². The molecule has 0 atom stereocenters. The Labute approximate surface area is 129 Å². The Kier molecular flexibility index (Phi) is 3.01. The number of methoxy groups -OCH3 is 1. The fourth-order valence-corrected chi connectivity index (χ4v) is 2.85. The molecule has 106 valence electrons. The molecular weight excluding hydrogens is 270 g/mol. The first-order valence-electron chi connectivity index (χ1n) is 7.27. The third-order valence-electron chi connectivity index (χ3n) is 3.99. The van der Waals surface area contributed by atoms with Gasteiger partial charge in [-0.25, -0.2) is 0 Å². The van der Waals surface area contributed by atoms with Crippen molar-refractivity contribution < 1.29 is 4.74 Å². The molecule has 0 radical (unpaired) electrons. The maximum atomic E-state index is 5.28. The molecule has 4 rings (SSSR count). The standard InChI is InChI=1S/C20H15NO/c1-22-18-9-8-15-12-17(7-6-16(15)13-18)20-19-5-3-2-4-14(19)10-11-21-20/h2-13H,1H3. The molecule has 4 aromatic rings. The van der Waals surface area contributed by atoms with Gasteiger partial charge in [-0.15, -0.1) is 0 Å². The monoisotopic (exact) mass is 285 g/mol. The summed E-state index contributed by atoms with van der Waals surface area (Å²) in [5.41, 5.74) is 2.16. The number of rotatable bonds is 2. The Morgan fingerprint density at radius 1 is 0.773 bits per heavy atom. The molecule has 22 heavy (non-hydrogen) atoms. The van der Waals surface area contributed by atoms with Crippen molar-refractivity contribution in [2.24, 2.45) is 0 Å². The molecule has 0 aliphatic rings. The quantitative estimate of drug-likeness (QED) is 0.513. The van der Waals surface area contributed by atoms with Crippen LogP contribution in [0.3, 0.4) is 0 Å². The van der Waals surface area contributed by atoms with Crippen LogP contribution in [-0.2, 0) is 0 Å². The minimum atomic E-state index is 0.878. The second-order valence-corrected chi connectivity index (χ2v) is 5.31. The van der Waals surface area contributed by atoms with E-state index < -0.39 is 0 Å². The van der Waals surface area contributed by atoms with Crippen LogP contribution in [-0.4, -0.2) is 12.1 Å². The van der Waals surface area contributed by atoms with Gasteiger partial charge in [-0.3, -0.25) is 4.98 Å². The zero-order valence-corrected chi connectivity index (χ0v) is 12.3. The second kappa shape index (κ2) is 5.15. The molecule has 2 nitrogen and oxygen atoms in total. The lowest BCUT2D eigenvalue weighted by molar-refractivity contribution is 0.415. The van der Waals surface area contributed by atoms with Gasteiger partial charge in [-0.05, 0) is 40.4 Å². The van der Waals surface area contributed by atoms with E-state index in [0.717, 1.165) is 17.0 Å². The molecule has 0 fully saturated rings. The van der Waals surface area contributed by atoms with Gasteiger partial charge in [0, 0.05) is 17.1 Å². The number of nitrogens with zero attached hydrogens (tertiary/aromatic N) is 1. The molecule has 1 heterocycles. The van der Waals surface area contributed by atoms with Crippen LogP contribution in [0.5, 0.6) is 5.75 Å². The first-order valence-corrected chi connectivity index (χ1v) is 7.27. The summed E-state index contributed by atoms with van der Waals surface area (Å²) in [7, 11) is 1.69. The van der Waals surface area contributed by atoms with Gasteiger partial charge in [0.15, 0.2) is 0 Å². The summed E-state index contributed by atoms with van der Waals surface area (Å²) in [6.45, 7) is 0. The van der Waals surface area contributed by atoms with E-state index in [-0.39, 0.29) is 0 Å². The van der Waals surface area contributed by atoms with Crippen molar-refractivity contribution in [2.45, 2.75) is 0 Å². The highest BCUT2D eigenvalue weighted by atomic mass is 16.5. The molecule has 3 aromatic carbocycles. The lowest BCUT2D eigenvalue weighted by atomic mass is 10.0. The van der Waals surface area contributed by atoms with Crippen LogP contribution in [0.15, 0.2) is 72.9 Å². The van der Waals surface area contributed by atoms with Crippen molar-refractivity contribution in [2.75, 3.05) is 7.11 Å². The van der Waals surface area contributed by atoms with E-state index in [1.54, 1.807) is 7.11 Å². The fraction of sp³-hybridized carbons (Fsp3) is 0.0500. The smallest absolute Gasteiger partial charge is 0.119 e. The van der Waals surface area contributed by atoms with Crippen molar-refractivity contribution in [1.82, 2.24) is 4.98 Å². The van der Waals surface area contributed by atoms with Crippen molar-refractivity contribution >= 4 is 21.5 Å². The van der Waals surface area contributed by atoms with Crippen molar-refractivity contribution in [3.63, 3.8) is 0 Å². The Bertz CT molecular complexity index is 970. The highest BCUT2D eigenvalue weighted by Gasteiger charge is 2.06. The number of fused-ring (bicyclic) bond motifs is 2. The van der Waals surface area contributed by atoms with Gasteiger partial charge < -0.3 is 4.74 Å². The molecular formula is C20H15NO. The predicted molar refractivity (Wildman–Crippen MR) is 91.2 cm³/mol. The summed E-state index contributed by atoms with van der Waals surface area (Å²) in [5.74, 6) is 0.878. The van der Waals surface area contributed by atoms with Crippen LogP contribution in [0.1, 0.15) is 0 Å². The predicted octanol–water partition coefficient (Wildman–Crippen LogP) is 5.06. The summed E-state index contributed by atoms with van der Waals surface area (Å²) in [5, 5.41) is 4.75. The minimum Gasteiger partial charge on any atom is -0.497 e. The topological polar surface area (TPSA) is 22.1 Å². The zero-order chi connectivity index (χ0) is 14.9. The second-order valence-electron chi connectivity index (χ2n) is 5.31. The van der Waals surface area contributed by atoms with Crippen molar-refractivity contribution in [1.29, 1.82) is 0 Å². The SMILES string of the molecule is COc1ccc2cc(-c3nccc4ccccc34)ccc2c1. The largest absolute Gasteiger partial charge is 0.497 e. The molecule has 0 saturated heterocycles. The Morgan fingerprint density at radius 2 is 1.59 bits per heavy atom. The Morgan fingerprint density at radius 3 is 2.50 bits per heavy atom. The van der Waals surface area contributed by atoms with Crippen LogP contribution in [0.25, 0.3) is 32.8 Å². The average Bonchev–Trinajstić information content (AvgIpc) is 2.60. The maximum Gasteiger partial charge on any atom is 0.119 e. The molecule has 0 aliphatic carbocycles. The van der Waals surface area contributed by atoms with Gasteiger partial charge in [0.05, 0.1) is 12.8 Å². The minimum absolute atomic E-state index is 0.878. The number of aromatic nitrogens is 1. The summed E-state index contributed by atoms with van der Waals surface area (Å²) < 4.78 is 5.28. The van der Waals surface area contributed by atoms with Crippen LogP contribution in [0.2, 0.25) is 0 Å². The number of benzene rings is 3. The highest BCUT2D eigenvalue weighted by molar-refractivity contribution is 5.97. The summed E-state index contributed by atoms with van der Waals surface area (Å²) in [4.78, 5) is 4.59. The molecule has 0 aliphatic heterocycles. The Balaban J connectivity index is 1.93. The maximum absolute atomic E-state index is 5.28. The van der Waals surface area contributed by atoms with Gasteiger partial charge in [-0.2, -0.15) is 0 Å². The molecule has 0 N–H and O–H groups in total. The van der Waals surface area contributed by atoms with E-state index in [4.69, 9.17) is 4.74 Å². The van der Waals surface area contributed by atoms with E-state index in [0.29, 0.717) is 0 Å². The van der Waals surface area contributed by atoms with Crippen LogP contribution < -0.4 is 4.74 Å². The van der Waals surface area contributed by atoms with Crippen LogP contribution in [0, 0.1) is 0 Å². The molecule has 1 aromatic heterocycles. The van der Waals surface area contributed by atoms with E-state index in [2.05, 4.69) is 59.6 Å². The molecule has 0 unspecified atom stereocenters. The summed E-state index contributed by atoms with van der Waals surface area (Å²) in [6.07, 6.45) is 1.87. The van der Waals surface area contributed by atoms with Gasteiger partial charge in [0.25, 0.3) is 0 Å². The number of hydrogen-bond donors (Lipinski definition) is 0. The number of ether oxygens (including phenoxy) is 1. The molecule has 2 heteroatoms. The van der Waals surface area contributed by atoms with Gasteiger partial charge in [0.1, 0.15) is 5.75 Å². The van der Waals surface area contributed by atoms with E-state index in [1.807, 2.05) is 18.3 Å². The lowest BCUT2D eigenvalue weighted by Crippen LogP contribution is -1.87. The molecule has 0 bridgehead atoms. The zero-order valence-electron chi connectivity index (χ0n) is 12.3. The van der Waals surface area contributed by atoms with Crippen molar-refractivity contribution in [3.8, 4) is 17.0 Å². The summed E-state index contributed by atoms with van der Waals surface area (Å²) in [6, 6.07) is 22.9. The highest BCUT2D eigenvalue weighted by Crippen LogP contribution is 2.30. The van der Waals surface area contributed by atoms with Crippen LogP contribution in [0.4, 0.5) is 0 Å². The van der Waals surface area contributed by atoms with Crippen molar-refractivity contribution in [3.05, 3.63) is 72.9 Å². The normalized spacial score (nSPS) is 11.0. The summed E-state index contributed by atoms with van der Waals surface area (Å²) >= 11 is 0. The Hall–Kier alpha value is -2.87. The van der Waals surface area contributed by atoms with Gasteiger partial charge in [0.2, 0.25) is 0 Å². The number of hydrogen-bond acceptors (Lipinski definition) is 2. The van der Waals surface area contributed by atoms with Gasteiger partial charge >= 0.3 is 0 Å². The third-order valence-corrected chi connectivity index (χ3v) is 3.99. The number of pyridine rings is 1. The lowest BCUT2D eigenvalue weighted by Gasteiger charge is -2.08. The average molecular weight is 285 g/mol. The first-order chi connectivity index (χ1) is 10.8. The third kappa shape index (κ3) is 2.09. The molecule has 0 amide bonds.